The molecule has 3 unspecified atom stereocenters. The first-order chi connectivity index (χ1) is 22.3. The van der Waals surface area contributed by atoms with Crippen LogP contribution in [-0.4, -0.2) is 54.9 Å². The Morgan fingerprint density at radius 2 is 1.74 bits per heavy atom. The summed E-state index contributed by atoms with van der Waals surface area (Å²) in [5, 5.41) is 0. The molecule has 3 atom stereocenters. The molecule has 0 N–H and O–H groups in total. The SMILES string of the molecule is COCCCc1ccc(OC2CC2)c(-c2ccc(N3CCC3)nc2CN2C(=O)OC(c3cc(C(F)(F)F)cc(C(F)(F)P)c3)C2C)c1. The molecular formula is C34H37F5N3O4P. The van der Waals surface area contributed by atoms with E-state index >= 15 is 0 Å². The van der Waals surface area contributed by atoms with E-state index < -0.39 is 41.2 Å². The van der Waals surface area contributed by atoms with E-state index in [1.807, 2.05) is 24.3 Å². The Morgan fingerprint density at radius 1 is 1.00 bits per heavy atom. The lowest BCUT2D eigenvalue weighted by molar-refractivity contribution is -0.137. The van der Waals surface area contributed by atoms with E-state index in [0.29, 0.717) is 24.1 Å². The predicted octanol–water partition coefficient (Wildman–Crippen LogP) is 8.10. The highest BCUT2D eigenvalue weighted by Gasteiger charge is 2.43. The molecule has 2 saturated heterocycles. The molecule has 3 aliphatic rings. The number of anilines is 1. The summed E-state index contributed by atoms with van der Waals surface area (Å²) in [6, 6.07) is 11.3. The summed E-state index contributed by atoms with van der Waals surface area (Å²) in [7, 11) is 2.92. The van der Waals surface area contributed by atoms with E-state index in [1.54, 1.807) is 14.0 Å². The number of ether oxygens (including phenoxy) is 3. The van der Waals surface area contributed by atoms with E-state index in [-0.39, 0.29) is 18.2 Å². The van der Waals surface area contributed by atoms with Gasteiger partial charge in [0.2, 0.25) is 0 Å². The molecule has 13 heteroatoms. The average Bonchev–Trinajstić information content (AvgIpc) is 3.76. The molecule has 0 bridgehead atoms. The molecule has 3 heterocycles. The van der Waals surface area contributed by atoms with E-state index in [2.05, 4.69) is 11.0 Å². The first-order valence-corrected chi connectivity index (χ1v) is 16.3. The minimum atomic E-state index is -4.87. The fraction of sp³-hybridized carbons (Fsp3) is 0.471. The number of benzene rings is 2. The van der Waals surface area contributed by atoms with Gasteiger partial charge in [0.25, 0.3) is 5.66 Å². The van der Waals surface area contributed by atoms with Crippen molar-refractivity contribution in [3.05, 3.63) is 76.5 Å². The van der Waals surface area contributed by atoms with Gasteiger partial charge in [-0.25, -0.2) is 9.78 Å². The Labute approximate surface area is 272 Å². The number of amides is 1. The quantitative estimate of drug-likeness (QED) is 0.110. The molecule has 0 radical (unpaired) electrons. The van der Waals surface area contributed by atoms with Gasteiger partial charge in [-0.3, -0.25) is 4.90 Å². The number of halogens is 5. The summed E-state index contributed by atoms with van der Waals surface area (Å²) in [5.41, 5.74) is -2.63. The summed E-state index contributed by atoms with van der Waals surface area (Å²) in [6.45, 7) is 3.92. The van der Waals surface area contributed by atoms with Crippen molar-refractivity contribution in [3.63, 3.8) is 0 Å². The number of hydrogen-bond acceptors (Lipinski definition) is 6. The maximum atomic E-state index is 14.2. The Bertz CT molecular complexity index is 1590. The van der Waals surface area contributed by atoms with Crippen LogP contribution in [0.1, 0.15) is 66.7 Å². The molecule has 6 rings (SSSR count). The highest BCUT2D eigenvalue weighted by molar-refractivity contribution is 7.17. The first kappa shape index (κ1) is 33.4. The summed E-state index contributed by atoms with van der Waals surface area (Å²) in [4.78, 5) is 21.8. The molecule has 7 nitrogen and oxygen atoms in total. The molecule has 3 aromatic rings. The minimum Gasteiger partial charge on any atom is -0.490 e. The Morgan fingerprint density at radius 3 is 2.38 bits per heavy atom. The van der Waals surface area contributed by atoms with Gasteiger partial charge < -0.3 is 19.1 Å². The number of aromatic nitrogens is 1. The molecule has 47 heavy (non-hydrogen) atoms. The van der Waals surface area contributed by atoms with Crippen molar-refractivity contribution in [2.45, 2.75) is 75.7 Å². The molecule has 1 aromatic heterocycles. The monoisotopic (exact) mass is 677 g/mol. The number of nitrogens with zero attached hydrogens (tertiary/aromatic N) is 3. The lowest BCUT2D eigenvalue weighted by Crippen LogP contribution is -2.38. The van der Waals surface area contributed by atoms with Crippen molar-refractivity contribution in [3.8, 4) is 16.9 Å². The van der Waals surface area contributed by atoms with Gasteiger partial charge in [0, 0.05) is 43.5 Å². The van der Waals surface area contributed by atoms with Crippen LogP contribution < -0.4 is 9.64 Å². The van der Waals surface area contributed by atoms with Crippen LogP contribution in [0.5, 0.6) is 5.75 Å². The molecule has 2 aromatic carbocycles. The number of cyclic esters (lactones) is 1. The molecule has 252 valence electrons. The Balaban J connectivity index is 1.36. The fourth-order valence-corrected chi connectivity index (χ4v) is 6.07. The summed E-state index contributed by atoms with van der Waals surface area (Å²) in [5.74, 6) is 1.45. The second kappa shape index (κ2) is 13.2. The number of methoxy groups -OCH3 is 1. The topological polar surface area (TPSA) is 64.1 Å². The standard InChI is InChI=1S/C34H37F5N3O4P/c1-20-31(22-16-23(33(35,36)37)18-24(17-22)34(38,39)47)46-32(43)42(20)19-28-26(9-11-30(40-28)41-12-4-13-41)27-15-21(5-3-14-44-2)6-10-29(27)45-25-7-8-25/h6,9-11,15-18,20,25,31H,3-5,7-8,12-14,19,47H2,1-2H3. The maximum absolute atomic E-state index is 14.2. The van der Waals surface area contributed by atoms with Crippen molar-refractivity contribution in [1.29, 1.82) is 0 Å². The number of carbonyl (C=O) groups is 1. The fourth-order valence-electron chi connectivity index (χ4n) is 5.90. The van der Waals surface area contributed by atoms with E-state index in [1.165, 1.54) is 14.1 Å². The van der Waals surface area contributed by atoms with Gasteiger partial charge in [0.1, 0.15) is 17.7 Å². The average molecular weight is 678 g/mol. The zero-order valence-corrected chi connectivity index (χ0v) is 27.3. The highest BCUT2D eigenvalue weighted by atomic mass is 31.0. The number of carbonyl (C=O) groups excluding carboxylic acids is 1. The van der Waals surface area contributed by atoms with Gasteiger partial charge in [-0.1, -0.05) is 15.3 Å². The number of pyridine rings is 1. The van der Waals surface area contributed by atoms with E-state index in [0.717, 1.165) is 79.8 Å². The molecule has 0 spiro atoms. The van der Waals surface area contributed by atoms with Crippen molar-refractivity contribution >= 4 is 21.2 Å². The van der Waals surface area contributed by atoms with E-state index in [9.17, 15) is 26.7 Å². The lowest BCUT2D eigenvalue weighted by atomic mass is 9.96. The third-order valence-electron chi connectivity index (χ3n) is 8.81. The largest absolute Gasteiger partial charge is 0.490 e. The van der Waals surface area contributed by atoms with Crippen molar-refractivity contribution in [1.82, 2.24) is 9.88 Å². The third-order valence-corrected chi connectivity index (χ3v) is 9.15. The van der Waals surface area contributed by atoms with Crippen LogP contribution in [0, 0.1) is 0 Å². The predicted molar refractivity (Wildman–Crippen MR) is 170 cm³/mol. The van der Waals surface area contributed by atoms with Gasteiger partial charge in [0.05, 0.1) is 29.9 Å². The van der Waals surface area contributed by atoms with Gasteiger partial charge >= 0.3 is 12.3 Å². The van der Waals surface area contributed by atoms with Gasteiger partial charge in [0.15, 0.2) is 0 Å². The molecule has 3 fully saturated rings. The maximum Gasteiger partial charge on any atom is 0.416 e. The van der Waals surface area contributed by atoms with Crippen molar-refractivity contribution in [2.24, 2.45) is 0 Å². The normalized spacial score (nSPS) is 20.0. The number of hydrogen-bond donors (Lipinski definition) is 0. The van der Waals surface area contributed by atoms with Crippen LogP contribution in [0.3, 0.4) is 0 Å². The molecule has 2 aliphatic heterocycles. The van der Waals surface area contributed by atoms with Gasteiger partial charge in [-0.05, 0) is 92.6 Å². The van der Waals surface area contributed by atoms with Crippen molar-refractivity contribution in [2.75, 3.05) is 31.7 Å². The van der Waals surface area contributed by atoms with Crippen LogP contribution >= 0.6 is 9.24 Å². The third kappa shape index (κ3) is 7.49. The number of rotatable bonds is 12. The Hall–Kier alpha value is -3.50. The molecule has 1 saturated carbocycles. The van der Waals surface area contributed by atoms with Gasteiger partial charge in [-0.2, -0.15) is 22.0 Å². The van der Waals surface area contributed by atoms with Gasteiger partial charge in [-0.15, -0.1) is 0 Å². The van der Waals surface area contributed by atoms with Crippen LogP contribution in [-0.2, 0) is 34.3 Å². The molecule has 1 aliphatic carbocycles. The lowest BCUT2D eigenvalue weighted by Gasteiger charge is -2.33. The number of alkyl halides is 5. The summed E-state index contributed by atoms with van der Waals surface area (Å²) < 4.78 is 86.8. The first-order valence-electron chi connectivity index (χ1n) is 15.7. The molecular weight excluding hydrogens is 640 g/mol. The van der Waals surface area contributed by atoms with Crippen LogP contribution in [0.25, 0.3) is 11.1 Å². The van der Waals surface area contributed by atoms with Crippen LogP contribution in [0.4, 0.5) is 32.6 Å². The Kier molecular flexibility index (Phi) is 9.37. The van der Waals surface area contributed by atoms with Crippen LogP contribution in [0.2, 0.25) is 0 Å². The molecule has 1 amide bonds. The zero-order chi connectivity index (χ0) is 33.5. The smallest absolute Gasteiger partial charge is 0.416 e. The minimum absolute atomic E-state index is 0.0180. The zero-order valence-electron chi connectivity index (χ0n) is 26.2. The highest BCUT2D eigenvalue weighted by Crippen LogP contribution is 2.44. The summed E-state index contributed by atoms with van der Waals surface area (Å²) >= 11 is 0. The second-order valence-corrected chi connectivity index (χ2v) is 13.1. The van der Waals surface area contributed by atoms with Crippen molar-refractivity contribution < 1.29 is 41.0 Å². The summed E-state index contributed by atoms with van der Waals surface area (Å²) in [6.07, 6.45) is -2.15. The van der Waals surface area contributed by atoms with E-state index in [4.69, 9.17) is 19.2 Å². The van der Waals surface area contributed by atoms with Crippen LogP contribution in [0.15, 0.2) is 48.5 Å². The number of aryl methyl sites for hydroxylation is 1. The second-order valence-electron chi connectivity index (χ2n) is 12.4.